The van der Waals surface area contributed by atoms with Gasteiger partial charge in [0.15, 0.2) is 0 Å². The molecule has 0 heterocycles. The highest BCUT2D eigenvalue weighted by molar-refractivity contribution is 9.10. The Balaban J connectivity index is 1.97. The minimum absolute atomic E-state index is 0.785. The van der Waals surface area contributed by atoms with Gasteiger partial charge in [-0.1, -0.05) is 46.3 Å². The lowest BCUT2D eigenvalue weighted by Gasteiger charge is -2.05. The third kappa shape index (κ3) is 1.92. The van der Waals surface area contributed by atoms with Crippen molar-refractivity contribution in [2.75, 3.05) is 0 Å². The highest BCUT2D eigenvalue weighted by Gasteiger charge is 2.23. The molecule has 0 bridgehead atoms. The van der Waals surface area contributed by atoms with Crippen LogP contribution in [0.2, 0.25) is 0 Å². The maximum atomic E-state index is 3.58. The first-order valence-corrected chi connectivity index (χ1v) is 6.40. The molecule has 1 fully saturated rings. The average Bonchev–Trinajstić information content (AvgIpc) is 3.14. The van der Waals surface area contributed by atoms with Crippen LogP contribution in [0.5, 0.6) is 0 Å². The van der Waals surface area contributed by atoms with Crippen molar-refractivity contribution in [3.8, 4) is 11.1 Å². The smallest absolute Gasteiger partial charge is 0.0253 e. The lowest BCUT2D eigenvalue weighted by atomic mass is 10.0. The molecule has 1 radical (unpaired) electrons. The topological polar surface area (TPSA) is 0 Å². The summed E-state index contributed by atoms with van der Waals surface area (Å²) in [5.74, 6) is 0.785. The molecule has 0 spiro atoms. The molecule has 1 aliphatic carbocycles. The largest absolute Gasteiger partial charge is 0.0616 e. The molecule has 0 unspecified atom stereocenters. The summed E-state index contributed by atoms with van der Waals surface area (Å²) in [4.78, 5) is 0. The van der Waals surface area contributed by atoms with Crippen LogP contribution in [-0.4, -0.2) is 0 Å². The molecule has 1 saturated carbocycles. The van der Waals surface area contributed by atoms with E-state index in [0.717, 1.165) is 10.4 Å². The Morgan fingerprint density at radius 3 is 2.50 bits per heavy atom. The molecule has 0 nitrogen and oxygen atoms in total. The van der Waals surface area contributed by atoms with Gasteiger partial charge >= 0.3 is 0 Å². The van der Waals surface area contributed by atoms with Crippen molar-refractivity contribution in [2.45, 2.75) is 18.8 Å². The van der Waals surface area contributed by atoms with Crippen LogP contribution in [0.1, 0.15) is 24.3 Å². The summed E-state index contributed by atoms with van der Waals surface area (Å²) in [6, 6.07) is 18.2. The molecule has 0 aromatic heterocycles. The Morgan fingerprint density at radius 1 is 1.06 bits per heavy atom. The third-order valence-electron chi connectivity index (χ3n) is 3.04. The van der Waals surface area contributed by atoms with E-state index in [0.29, 0.717) is 0 Å². The molecule has 1 heteroatoms. The fourth-order valence-corrected chi connectivity index (χ4v) is 2.46. The highest BCUT2D eigenvalue weighted by Crippen LogP contribution is 2.40. The van der Waals surface area contributed by atoms with Crippen LogP contribution in [0.15, 0.2) is 46.9 Å². The first-order chi connectivity index (χ1) is 7.84. The zero-order valence-corrected chi connectivity index (χ0v) is 10.5. The van der Waals surface area contributed by atoms with Crippen molar-refractivity contribution < 1.29 is 0 Å². The van der Waals surface area contributed by atoms with E-state index in [1.54, 1.807) is 0 Å². The Labute approximate surface area is 104 Å². The van der Waals surface area contributed by atoms with Crippen molar-refractivity contribution in [1.29, 1.82) is 0 Å². The Bertz CT molecular complexity index is 495. The summed E-state index contributed by atoms with van der Waals surface area (Å²) in [5.41, 5.74) is 3.84. The van der Waals surface area contributed by atoms with Gasteiger partial charge in [0.25, 0.3) is 0 Å². The number of halogens is 1. The second-order valence-electron chi connectivity index (χ2n) is 4.29. The maximum Gasteiger partial charge on any atom is 0.0253 e. The number of hydrogen-bond acceptors (Lipinski definition) is 0. The lowest BCUT2D eigenvalue weighted by molar-refractivity contribution is 1.13. The van der Waals surface area contributed by atoms with Gasteiger partial charge in [-0.15, -0.1) is 0 Å². The van der Waals surface area contributed by atoms with E-state index in [-0.39, 0.29) is 0 Å². The summed E-state index contributed by atoms with van der Waals surface area (Å²) >= 11 is 3.58. The number of benzene rings is 2. The Morgan fingerprint density at radius 2 is 1.88 bits per heavy atom. The Kier molecular flexibility index (Phi) is 2.56. The van der Waals surface area contributed by atoms with E-state index in [4.69, 9.17) is 0 Å². The molecular weight excluding hydrogens is 260 g/mol. The monoisotopic (exact) mass is 271 g/mol. The molecule has 0 aliphatic heterocycles. The normalized spacial score (nSPS) is 15.1. The molecule has 0 amide bonds. The quantitative estimate of drug-likeness (QED) is 0.737. The second kappa shape index (κ2) is 4.06. The summed E-state index contributed by atoms with van der Waals surface area (Å²) in [6.07, 6.45) is 2.68. The van der Waals surface area contributed by atoms with Crippen molar-refractivity contribution in [3.63, 3.8) is 0 Å². The van der Waals surface area contributed by atoms with E-state index in [1.165, 1.54) is 29.5 Å². The van der Waals surface area contributed by atoms with Gasteiger partial charge in [0.2, 0.25) is 0 Å². The summed E-state index contributed by atoms with van der Waals surface area (Å²) in [7, 11) is 0. The van der Waals surface area contributed by atoms with Crippen molar-refractivity contribution >= 4 is 15.9 Å². The number of hydrogen-bond donors (Lipinski definition) is 0. The maximum absolute atomic E-state index is 3.58. The van der Waals surface area contributed by atoms with Crippen molar-refractivity contribution in [3.05, 3.63) is 58.6 Å². The molecule has 1 aliphatic rings. The van der Waals surface area contributed by atoms with Gasteiger partial charge in [-0.3, -0.25) is 0 Å². The minimum atomic E-state index is 0.785. The van der Waals surface area contributed by atoms with E-state index in [2.05, 4.69) is 58.4 Å². The lowest BCUT2D eigenvalue weighted by Crippen LogP contribution is -1.82. The Hall–Kier alpha value is -1.08. The van der Waals surface area contributed by atoms with Gasteiger partial charge in [-0.05, 0) is 53.6 Å². The SMILES string of the molecule is Brc1ccccc1-c1c[c]c(C2CC2)cc1. The zero-order chi connectivity index (χ0) is 11.0. The van der Waals surface area contributed by atoms with Crippen LogP contribution in [0.4, 0.5) is 0 Å². The van der Waals surface area contributed by atoms with Gasteiger partial charge in [0.1, 0.15) is 0 Å². The highest BCUT2D eigenvalue weighted by atomic mass is 79.9. The fourth-order valence-electron chi connectivity index (χ4n) is 1.95. The predicted octanol–water partition coefficient (Wildman–Crippen LogP) is 4.79. The summed E-state index contributed by atoms with van der Waals surface area (Å²) < 4.78 is 1.14. The summed E-state index contributed by atoms with van der Waals surface area (Å²) in [5, 5.41) is 0. The molecule has 0 N–H and O–H groups in total. The van der Waals surface area contributed by atoms with Gasteiger partial charge in [-0.25, -0.2) is 0 Å². The molecule has 16 heavy (non-hydrogen) atoms. The molecular formula is C15H12Br. The average molecular weight is 272 g/mol. The van der Waals surface area contributed by atoms with E-state index >= 15 is 0 Å². The number of rotatable bonds is 2. The van der Waals surface area contributed by atoms with Crippen molar-refractivity contribution in [2.24, 2.45) is 0 Å². The van der Waals surface area contributed by atoms with E-state index < -0.39 is 0 Å². The van der Waals surface area contributed by atoms with Gasteiger partial charge < -0.3 is 0 Å². The van der Waals surface area contributed by atoms with Gasteiger partial charge in [0.05, 0.1) is 0 Å². The molecule has 3 rings (SSSR count). The van der Waals surface area contributed by atoms with E-state index in [9.17, 15) is 0 Å². The summed E-state index contributed by atoms with van der Waals surface area (Å²) in [6.45, 7) is 0. The van der Waals surface area contributed by atoms with Gasteiger partial charge in [0, 0.05) is 4.47 Å². The van der Waals surface area contributed by atoms with Crippen LogP contribution >= 0.6 is 15.9 Å². The predicted molar refractivity (Wildman–Crippen MR) is 70.4 cm³/mol. The fraction of sp³-hybridized carbons (Fsp3) is 0.200. The second-order valence-corrected chi connectivity index (χ2v) is 5.14. The molecule has 79 valence electrons. The van der Waals surface area contributed by atoms with Crippen LogP contribution in [0, 0.1) is 6.07 Å². The minimum Gasteiger partial charge on any atom is -0.0616 e. The zero-order valence-electron chi connectivity index (χ0n) is 8.91. The van der Waals surface area contributed by atoms with Crippen molar-refractivity contribution in [1.82, 2.24) is 0 Å². The molecule has 2 aromatic rings. The van der Waals surface area contributed by atoms with Crippen LogP contribution < -0.4 is 0 Å². The van der Waals surface area contributed by atoms with Crippen LogP contribution in [0.25, 0.3) is 11.1 Å². The molecule has 0 atom stereocenters. The van der Waals surface area contributed by atoms with Gasteiger partial charge in [-0.2, -0.15) is 0 Å². The molecule has 0 saturated heterocycles. The third-order valence-corrected chi connectivity index (χ3v) is 3.73. The first-order valence-electron chi connectivity index (χ1n) is 5.61. The molecule has 2 aromatic carbocycles. The van der Waals surface area contributed by atoms with Crippen LogP contribution in [0.3, 0.4) is 0 Å². The first kappa shape index (κ1) is 10.1. The standard InChI is InChI=1S/C15H12Br/c16-15-4-2-1-3-14(15)13-9-7-12(8-10-13)11-5-6-11/h1-4,7,9-11H,5-6H2. The van der Waals surface area contributed by atoms with Crippen LogP contribution in [-0.2, 0) is 0 Å². The van der Waals surface area contributed by atoms with E-state index in [1.807, 2.05) is 6.07 Å².